The first-order chi connectivity index (χ1) is 2.77. The van der Waals surface area contributed by atoms with Crippen LogP contribution in [0.2, 0.25) is 0 Å². The molecule has 0 N–H and O–H groups in total. The van der Waals surface area contributed by atoms with Crippen molar-refractivity contribution in [3.63, 3.8) is 0 Å². The molecule has 0 saturated heterocycles. The molecule has 3 nitrogen and oxygen atoms in total. The van der Waals surface area contributed by atoms with Crippen molar-refractivity contribution in [2.24, 2.45) is 0 Å². The van der Waals surface area contributed by atoms with Crippen LogP contribution < -0.4 is 0 Å². The quantitative estimate of drug-likeness (QED) is 0.253. The largest absolute Gasteiger partial charge is 0.264 e. The number of hydrogen-bond donors (Lipinski definition) is 0. The third-order valence-corrected chi connectivity index (χ3v) is 0.220. The zero-order valence-corrected chi connectivity index (χ0v) is 3.05. The molecule has 0 unspecified atom stereocenters. The lowest BCUT2D eigenvalue weighted by molar-refractivity contribution is -0.466. The topological polar surface area (TPSA) is 43.1 Å². The van der Waals surface area contributed by atoms with E-state index in [1.54, 1.807) is 0 Å². The molecule has 0 aromatic rings. The number of nitrogens with zero attached hydrogens (tertiary/aromatic N) is 1. The number of hydrogen-bond acceptors (Lipinski definition) is 2. The van der Waals surface area contributed by atoms with Crippen LogP contribution in [0.4, 0.5) is 0 Å². The monoisotopic (exact) mass is 85.0 g/mol. The number of terminal acetylenes is 1. The Morgan fingerprint density at radius 2 is 2.50 bits per heavy atom. The third kappa shape index (κ3) is 2.96. The molecule has 0 amide bonds. The van der Waals surface area contributed by atoms with E-state index in [2.05, 4.69) is 6.42 Å². The molecule has 0 fully saturated rings. The molecule has 3 heteroatoms. The predicted molar refractivity (Wildman–Crippen MR) is 20.7 cm³/mol. The first-order valence-electron chi connectivity index (χ1n) is 1.32. The van der Waals surface area contributed by atoms with Gasteiger partial charge in [0, 0.05) is 4.92 Å². The van der Waals surface area contributed by atoms with E-state index in [9.17, 15) is 10.1 Å². The molecule has 0 aliphatic rings. The number of nitro groups is 1. The fourth-order valence-corrected chi connectivity index (χ4v) is 0.0745. The zero-order valence-electron chi connectivity index (χ0n) is 3.05. The van der Waals surface area contributed by atoms with Crippen molar-refractivity contribution in [1.29, 1.82) is 0 Å². The minimum absolute atomic E-state index is 0.375. The van der Waals surface area contributed by atoms with Gasteiger partial charge in [-0.3, -0.25) is 10.1 Å². The maximum absolute atomic E-state index is 9.26. The van der Waals surface area contributed by atoms with Crippen molar-refractivity contribution in [2.75, 3.05) is 6.54 Å². The molecule has 0 bridgehead atoms. The SMILES string of the molecule is C#CC[N+](=O)[O-]. The second-order valence-corrected chi connectivity index (χ2v) is 0.695. The Morgan fingerprint density at radius 1 is 2.00 bits per heavy atom. The maximum Gasteiger partial charge on any atom is 0.263 e. The molecule has 0 aliphatic carbocycles. The van der Waals surface area contributed by atoms with Crippen molar-refractivity contribution >= 4 is 0 Å². The Balaban J connectivity index is 3.13. The van der Waals surface area contributed by atoms with Gasteiger partial charge in [0.25, 0.3) is 6.54 Å². The highest BCUT2D eigenvalue weighted by Gasteiger charge is 1.81. The minimum Gasteiger partial charge on any atom is -0.264 e. The Bertz CT molecular complexity index is 91.5. The zero-order chi connectivity index (χ0) is 4.99. The maximum atomic E-state index is 9.26. The van der Waals surface area contributed by atoms with Gasteiger partial charge in [-0.25, -0.2) is 0 Å². The van der Waals surface area contributed by atoms with Gasteiger partial charge in [0.15, 0.2) is 0 Å². The smallest absolute Gasteiger partial charge is 0.263 e. The fourth-order valence-electron chi connectivity index (χ4n) is 0.0745. The summed E-state index contributed by atoms with van der Waals surface area (Å²) in [7, 11) is 0. The van der Waals surface area contributed by atoms with Gasteiger partial charge >= 0.3 is 0 Å². The lowest BCUT2D eigenvalue weighted by atomic mass is 10.7. The summed E-state index contributed by atoms with van der Waals surface area (Å²) >= 11 is 0. The molecule has 6 heavy (non-hydrogen) atoms. The van der Waals surface area contributed by atoms with E-state index in [1.807, 2.05) is 5.92 Å². The van der Waals surface area contributed by atoms with E-state index < -0.39 is 4.92 Å². The Labute approximate surface area is 35.1 Å². The van der Waals surface area contributed by atoms with Gasteiger partial charge in [-0.1, -0.05) is 0 Å². The third-order valence-electron chi connectivity index (χ3n) is 0.220. The number of rotatable bonds is 1. The molecule has 0 saturated carbocycles. The summed E-state index contributed by atoms with van der Waals surface area (Å²) in [6, 6.07) is 0. The van der Waals surface area contributed by atoms with Gasteiger partial charge in [0.05, 0.1) is 0 Å². The Morgan fingerprint density at radius 3 is 2.50 bits per heavy atom. The van der Waals surface area contributed by atoms with Gasteiger partial charge in [-0.05, 0) is 5.92 Å². The van der Waals surface area contributed by atoms with Crippen LogP contribution in [0.25, 0.3) is 0 Å². The molecule has 0 atom stereocenters. The van der Waals surface area contributed by atoms with Crippen LogP contribution in [0.15, 0.2) is 0 Å². The highest BCUT2D eigenvalue weighted by atomic mass is 16.6. The highest BCUT2D eigenvalue weighted by molar-refractivity contribution is 4.81. The first kappa shape index (κ1) is 4.96. The van der Waals surface area contributed by atoms with Crippen LogP contribution >= 0.6 is 0 Å². The molecule has 0 heterocycles. The van der Waals surface area contributed by atoms with E-state index in [0.29, 0.717) is 0 Å². The van der Waals surface area contributed by atoms with E-state index in [4.69, 9.17) is 0 Å². The molecular formula is C3H3NO2. The molecule has 0 aromatic heterocycles. The van der Waals surface area contributed by atoms with Crippen molar-refractivity contribution in [1.82, 2.24) is 0 Å². The van der Waals surface area contributed by atoms with Gasteiger partial charge in [0.2, 0.25) is 0 Å². The molecule has 32 valence electrons. The lowest BCUT2D eigenvalue weighted by Gasteiger charge is -1.74. The van der Waals surface area contributed by atoms with E-state index in [-0.39, 0.29) is 6.54 Å². The normalized spacial score (nSPS) is 6.50. The van der Waals surface area contributed by atoms with Crippen LogP contribution in [0.5, 0.6) is 0 Å². The Hall–Kier alpha value is -1.04. The summed E-state index contributed by atoms with van der Waals surface area (Å²) in [6.07, 6.45) is 4.54. The van der Waals surface area contributed by atoms with Gasteiger partial charge in [0.1, 0.15) is 0 Å². The summed E-state index contributed by atoms with van der Waals surface area (Å²) < 4.78 is 0. The van der Waals surface area contributed by atoms with Crippen molar-refractivity contribution in [2.45, 2.75) is 0 Å². The second kappa shape index (κ2) is 2.21. The van der Waals surface area contributed by atoms with Crippen molar-refractivity contribution in [3.8, 4) is 12.3 Å². The van der Waals surface area contributed by atoms with Gasteiger partial charge < -0.3 is 0 Å². The molecule has 0 aliphatic heterocycles. The van der Waals surface area contributed by atoms with Crippen molar-refractivity contribution < 1.29 is 4.92 Å². The van der Waals surface area contributed by atoms with Crippen LogP contribution in [-0.2, 0) is 0 Å². The van der Waals surface area contributed by atoms with E-state index in [0.717, 1.165) is 0 Å². The summed E-state index contributed by atoms with van der Waals surface area (Å²) in [5, 5.41) is 9.26. The second-order valence-electron chi connectivity index (χ2n) is 0.695. The predicted octanol–water partition coefficient (Wildman–Crippen LogP) is -0.104. The summed E-state index contributed by atoms with van der Waals surface area (Å²) in [6.45, 7) is -0.375. The van der Waals surface area contributed by atoms with Crippen molar-refractivity contribution in [3.05, 3.63) is 10.1 Å². The van der Waals surface area contributed by atoms with Crippen LogP contribution in [-0.4, -0.2) is 11.5 Å². The fraction of sp³-hybridized carbons (Fsp3) is 0.333. The van der Waals surface area contributed by atoms with Crippen LogP contribution in [0, 0.1) is 22.5 Å². The molecule has 0 radical (unpaired) electrons. The van der Waals surface area contributed by atoms with E-state index in [1.165, 1.54) is 0 Å². The van der Waals surface area contributed by atoms with Gasteiger partial charge in [-0.2, -0.15) is 0 Å². The van der Waals surface area contributed by atoms with Crippen LogP contribution in [0.3, 0.4) is 0 Å². The Kier molecular flexibility index (Phi) is 1.83. The first-order valence-corrected chi connectivity index (χ1v) is 1.32. The minimum atomic E-state index is -0.556. The lowest BCUT2D eigenvalue weighted by Crippen LogP contribution is -1.94. The molecule has 0 spiro atoms. The van der Waals surface area contributed by atoms with E-state index >= 15 is 0 Å². The summed E-state index contributed by atoms with van der Waals surface area (Å²) in [5.41, 5.74) is 0. The summed E-state index contributed by atoms with van der Waals surface area (Å²) in [5.74, 6) is 1.87. The van der Waals surface area contributed by atoms with Gasteiger partial charge in [-0.15, -0.1) is 6.42 Å². The highest BCUT2D eigenvalue weighted by Crippen LogP contribution is 1.58. The standard InChI is InChI=1S/C3H3NO2/c1-2-3-4(5)6/h1H,3H2. The average molecular weight is 85.1 g/mol. The molecular weight excluding hydrogens is 82.0 g/mol. The molecule has 0 rings (SSSR count). The summed E-state index contributed by atoms with van der Waals surface area (Å²) in [4.78, 5) is 8.71. The van der Waals surface area contributed by atoms with Crippen LogP contribution in [0.1, 0.15) is 0 Å². The average Bonchev–Trinajstić information content (AvgIpc) is 1.35. The molecule has 0 aromatic carbocycles.